The van der Waals surface area contributed by atoms with Gasteiger partial charge in [0, 0.05) is 37.9 Å². The Bertz CT molecular complexity index is 719. The van der Waals surface area contributed by atoms with Crippen molar-refractivity contribution in [1.29, 1.82) is 0 Å². The van der Waals surface area contributed by atoms with E-state index in [1.807, 2.05) is 30.3 Å². The van der Waals surface area contributed by atoms with Gasteiger partial charge in [0.1, 0.15) is 6.10 Å². The molecule has 0 unspecified atom stereocenters. The van der Waals surface area contributed by atoms with Gasteiger partial charge in [-0.05, 0) is 11.6 Å². The summed E-state index contributed by atoms with van der Waals surface area (Å²) in [5.74, 6) is -0.240. The van der Waals surface area contributed by atoms with Crippen molar-refractivity contribution in [3.63, 3.8) is 0 Å². The van der Waals surface area contributed by atoms with Crippen LogP contribution in [0.5, 0.6) is 0 Å². The van der Waals surface area contributed by atoms with Crippen molar-refractivity contribution in [3.05, 3.63) is 66.3 Å². The topological polar surface area (TPSA) is 61.2 Å². The summed E-state index contributed by atoms with van der Waals surface area (Å²) in [6.07, 6.45) is 6.27. The zero-order valence-corrected chi connectivity index (χ0v) is 12.2. The summed E-state index contributed by atoms with van der Waals surface area (Å²) < 4.78 is 6.99. The minimum absolute atomic E-state index is 0.0716. The molecule has 0 amide bonds. The maximum atomic E-state index is 12.5. The van der Waals surface area contributed by atoms with Crippen LogP contribution in [0.25, 0.3) is 0 Å². The van der Waals surface area contributed by atoms with E-state index in [2.05, 4.69) is 4.98 Å². The quantitative estimate of drug-likeness (QED) is 0.627. The number of rotatable bonds is 5. The number of aromatic nitrogens is 2. The van der Waals surface area contributed by atoms with Gasteiger partial charge in [-0.1, -0.05) is 30.3 Å². The van der Waals surface area contributed by atoms with Crippen LogP contribution in [0.2, 0.25) is 0 Å². The Balaban J connectivity index is 1.86. The van der Waals surface area contributed by atoms with Crippen molar-refractivity contribution >= 4 is 11.8 Å². The molecule has 2 aromatic rings. The third-order valence-electron chi connectivity index (χ3n) is 3.77. The van der Waals surface area contributed by atoms with Crippen LogP contribution in [0.1, 0.15) is 28.5 Å². The lowest BCUT2D eigenvalue weighted by Gasteiger charge is -2.21. The molecular formula is C17H16N2O3. The number of nitrogens with zero attached hydrogens (tertiary/aromatic N) is 2. The molecule has 1 aromatic heterocycles. The normalized spacial score (nSPS) is 18.2. The smallest absolute Gasteiger partial charge is 0.331 e. The molecule has 0 N–H and O–H groups in total. The van der Waals surface area contributed by atoms with Gasteiger partial charge in [-0.25, -0.2) is 9.78 Å². The predicted molar refractivity (Wildman–Crippen MR) is 80.4 cm³/mol. The van der Waals surface area contributed by atoms with Crippen LogP contribution in [0, 0.1) is 0 Å². The van der Waals surface area contributed by atoms with Gasteiger partial charge >= 0.3 is 5.97 Å². The van der Waals surface area contributed by atoms with Crippen molar-refractivity contribution < 1.29 is 14.3 Å². The molecule has 5 nitrogen and oxygen atoms in total. The number of hydrogen-bond acceptors (Lipinski definition) is 4. The second-order valence-corrected chi connectivity index (χ2v) is 5.27. The van der Waals surface area contributed by atoms with Gasteiger partial charge in [-0.3, -0.25) is 4.79 Å². The summed E-state index contributed by atoms with van der Waals surface area (Å²) >= 11 is 0. The molecule has 1 aromatic carbocycles. The zero-order valence-electron chi connectivity index (χ0n) is 12.2. The number of ether oxygens (including phenoxy) is 1. The maximum Gasteiger partial charge on any atom is 0.331 e. The molecule has 0 bridgehead atoms. The van der Waals surface area contributed by atoms with E-state index in [0.717, 1.165) is 5.56 Å². The minimum Gasteiger partial charge on any atom is -0.454 e. The molecule has 112 valence electrons. The molecule has 2 atom stereocenters. The van der Waals surface area contributed by atoms with Crippen LogP contribution in [-0.4, -0.2) is 27.4 Å². The summed E-state index contributed by atoms with van der Waals surface area (Å²) in [6, 6.07) is 9.62. The summed E-state index contributed by atoms with van der Waals surface area (Å²) in [5, 5.41) is 0. The average molecular weight is 296 g/mol. The minimum atomic E-state index is -0.417. The van der Waals surface area contributed by atoms with Gasteiger partial charge in [0.2, 0.25) is 0 Å². The highest BCUT2D eigenvalue weighted by atomic mass is 16.5. The molecular weight excluding hydrogens is 280 g/mol. The number of carbonyl (C=O) groups excluding carboxylic acids is 2. The molecule has 22 heavy (non-hydrogen) atoms. The van der Waals surface area contributed by atoms with Gasteiger partial charge in [0.05, 0.1) is 0 Å². The number of ketones is 1. The SMILES string of the molecule is Cn1ccnc1C(=O)C[C@H](c1ccccc1)[C@H]1C=CC(=O)O1. The number of imidazole rings is 1. The summed E-state index contributed by atoms with van der Waals surface area (Å²) in [4.78, 5) is 27.9. The molecule has 3 rings (SSSR count). The van der Waals surface area contributed by atoms with Crippen molar-refractivity contribution in [1.82, 2.24) is 9.55 Å². The molecule has 0 fully saturated rings. The monoisotopic (exact) mass is 296 g/mol. The van der Waals surface area contributed by atoms with Gasteiger partial charge in [-0.15, -0.1) is 0 Å². The second-order valence-electron chi connectivity index (χ2n) is 5.27. The van der Waals surface area contributed by atoms with Crippen LogP contribution in [0.4, 0.5) is 0 Å². The van der Waals surface area contributed by atoms with Crippen LogP contribution in [-0.2, 0) is 16.6 Å². The van der Waals surface area contributed by atoms with Crippen molar-refractivity contribution in [2.45, 2.75) is 18.4 Å². The Morgan fingerprint density at radius 3 is 2.73 bits per heavy atom. The third kappa shape index (κ3) is 2.83. The first-order chi connectivity index (χ1) is 10.6. The Labute approximate surface area is 128 Å². The van der Waals surface area contributed by atoms with E-state index in [9.17, 15) is 9.59 Å². The molecule has 5 heteroatoms. The Kier molecular flexibility index (Phi) is 3.87. The number of cyclic esters (lactones) is 1. The number of Topliss-reactive ketones (excluding diaryl/α,β-unsaturated/α-hetero) is 1. The number of benzene rings is 1. The third-order valence-corrected chi connectivity index (χ3v) is 3.77. The maximum absolute atomic E-state index is 12.5. The molecule has 0 saturated heterocycles. The Morgan fingerprint density at radius 1 is 1.36 bits per heavy atom. The first-order valence-electron chi connectivity index (χ1n) is 7.09. The fourth-order valence-electron chi connectivity index (χ4n) is 2.65. The molecule has 0 saturated carbocycles. The lowest BCUT2D eigenvalue weighted by Crippen LogP contribution is -2.22. The van der Waals surface area contributed by atoms with Gasteiger partial charge in [0.25, 0.3) is 0 Å². The van der Waals surface area contributed by atoms with E-state index in [4.69, 9.17) is 4.74 Å². The number of hydrogen-bond donors (Lipinski definition) is 0. The first kappa shape index (κ1) is 14.3. The molecule has 0 aliphatic carbocycles. The fraction of sp³-hybridized carbons (Fsp3) is 0.235. The standard InChI is InChI=1S/C17H16N2O3/c1-19-10-9-18-17(19)14(20)11-13(12-5-3-2-4-6-12)15-7-8-16(21)22-15/h2-10,13,15H,11H2,1H3/t13-,15-/m1/s1. The van der Waals surface area contributed by atoms with Gasteiger partial charge < -0.3 is 9.30 Å². The molecule has 2 heterocycles. The predicted octanol–water partition coefficient (Wildman–Crippen LogP) is 2.26. The van der Waals surface area contributed by atoms with Crippen molar-refractivity contribution in [2.75, 3.05) is 0 Å². The fourth-order valence-corrected chi connectivity index (χ4v) is 2.65. The largest absolute Gasteiger partial charge is 0.454 e. The van der Waals surface area contributed by atoms with Crippen molar-refractivity contribution in [3.8, 4) is 0 Å². The van der Waals surface area contributed by atoms with Crippen LogP contribution < -0.4 is 0 Å². The summed E-state index contributed by atoms with van der Waals surface area (Å²) in [5.41, 5.74) is 0.967. The second kappa shape index (κ2) is 5.97. The lowest BCUT2D eigenvalue weighted by molar-refractivity contribution is -0.139. The Morgan fingerprint density at radius 2 is 2.14 bits per heavy atom. The molecule has 0 radical (unpaired) electrons. The van der Waals surface area contributed by atoms with Crippen LogP contribution in [0.3, 0.4) is 0 Å². The zero-order chi connectivity index (χ0) is 15.5. The highest BCUT2D eigenvalue weighted by molar-refractivity contribution is 5.93. The van der Waals surface area contributed by atoms with Crippen molar-refractivity contribution in [2.24, 2.45) is 7.05 Å². The summed E-state index contributed by atoms with van der Waals surface area (Å²) in [7, 11) is 1.78. The number of esters is 1. The molecule has 0 spiro atoms. The lowest BCUT2D eigenvalue weighted by atomic mass is 9.88. The van der Waals surface area contributed by atoms with E-state index in [1.165, 1.54) is 6.08 Å². The van der Waals surface area contributed by atoms with E-state index >= 15 is 0 Å². The van der Waals surface area contributed by atoms with E-state index in [0.29, 0.717) is 5.82 Å². The number of carbonyl (C=O) groups is 2. The van der Waals surface area contributed by atoms with E-state index in [-0.39, 0.29) is 24.1 Å². The van der Waals surface area contributed by atoms with E-state index < -0.39 is 6.10 Å². The average Bonchev–Trinajstić information content (AvgIpc) is 3.14. The van der Waals surface area contributed by atoms with Gasteiger partial charge in [-0.2, -0.15) is 0 Å². The summed E-state index contributed by atoms with van der Waals surface area (Å²) in [6.45, 7) is 0. The van der Waals surface area contributed by atoms with Gasteiger partial charge in [0.15, 0.2) is 11.6 Å². The Hall–Kier alpha value is -2.69. The highest BCUT2D eigenvalue weighted by Crippen LogP contribution is 2.30. The molecule has 1 aliphatic heterocycles. The van der Waals surface area contributed by atoms with E-state index in [1.54, 1.807) is 30.1 Å². The highest BCUT2D eigenvalue weighted by Gasteiger charge is 2.30. The molecule has 1 aliphatic rings. The first-order valence-corrected chi connectivity index (χ1v) is 7.09. The van der Waals surface area contributed by atoms with Crippen LogP contribution in [0.15, 0.2) is 54.9 Å². The van der Waals surface area contributed by atoms with Crippen LogP contribution >= 0.6 is 0 Å². The number of aryl methyl sites for hydroxylation is 1.